The van der Waals surface area contributed by atoms with E-state index in [0.717, 1.165) is 48.0 Å². The summed E-state index contributed by atoms with van der Waals surface area (Å²) in [5, 5.41) is 17.8. The topological polar surface area (TPSA) is 65.9 Å². The van der Waals surface area contributed by atoms with Crippen LogP contribution in [0, 0.1) is 17.2 Å². The lowest BCUT2D eigenvalue weighted by atomic mass is 10.1. The van der Waals surface area contributed by atoms with Crippen molar-refractivity contribution in [2.24, 2.45) is 5.92 Å². The molecule has 1 saturated heterocycles. The molecule has 0 bridgehead atoms. The number of hydrogen-bond donors (Lipinski definition) is 0. The first-order chi connectivity index (χ1) is 16.5. The Morgan fingerprint density at radius 1 is 1.03 bits per heavy atom. The highest BCUT2D eigenvalue weighted by atomic mass is 15.3. The molecule has 4 aromatic rings. The van der Waals surface area contributed by atoms with Crippen LogP contribution in [-0.2, 0) is 6.54 Å². The second kappa shape index (κ2) is 7.86. The number of nitriles is 1. The maximum Gasteiger partial charge on any atom is 0.185 e. The van der Waals surface area contributed by atoms with Crippen LogP contribution in [0.3, 0.4) is 0 Å². The predicted octanol–water partition coefficient (Wildman–Crippen LogP) is 4.02. The second-order valence-electron chi connectivity index (χ2n) is 9.68. The standard InChI is InChI=1S/C27H27N7/c1-18-13-32(16-26(18)31(2)3)23-8-9-24-22(10-23)15-33-14-21(20-6-4-19(12-28)5-7-20)11-25(33)27-30-29-17-34(24)27/h4-11,14,17-18,26H,13,15-16H2,1-3H3/t18-,26+/m0/s1. The molecule has 6 rings (SSSR count). The van der Waals surface area contributed by atoms with Crippen LogP contribution in [0.5, 0.6) is 0 Å². The smallest absolute Gasteiger partial charge is 0.185 e. The molecule has 7 heteroatoms. The third-order valence-electron chi connectivity index (χ3n) is 7.29. The average Bonchev–Trinajstić information content (AvgIpc) is 3.56. The summed E-state index contributed by atoms with van der Waals surface area (Å²) in [6, 6.07) is 19.4. The van der Waals surface area contributed by atoms with Crippen LogP contribution in [0.1, 0.15) is 18.1 Å². The van der Waals surface area contributed by atoms with E-state index in [4.69, 9.17) is 5.26 Å². The van der Waals surface area contributed by atoms with Crippen LogP contribution in [0.25, 0.3) is 28.3 Å². The summed E-state index contributed by atoms with van der Waals surface area (Å²) < 4.78 is 4.36. The molecular formula is C27H27N7. The molecule has 0 saturated carbocycles. The van der Waals surface area contributed by atoms with Crippen LogP contribution in [0.2, 0.25) is 0 Å². The molecule has 2 aromatic carbocycles. The number of rotatable bonds is 3. The molecule has 4 heterocycles. The molecular weight excluding hydrogens is 422 g/mol. The third kappa shape index (κ3) is 3.30. The molecule has 7 nitrogen and oxygen atoms in total. The van der Waals surface area contributed by atoms with Crippen LogP contribution in [0.4, 0.5) is 5.69 Å². The molecule has 0 amide bonds. The van der Waals surface area contributed by atoms with Crippen molar-refractivity contribution < 1.29 is 0 Å². The summed E-state index contributed by atoms with van der Waals surface area (Å²) in [7, 11) is 4.35. The minimum absolute atomic E-state index is 0.564. The van der Waals surface area contributed by atoms with E-state index in [9.17, 15) is 0 Å². The van der Waals surface area contributed by atoms with Gasteiger partial charge in [-0.3, -0.25) is 4.57 Å². The Morgan fingerprint density at radius 3 is 2.59 bits per heavy atom. The van der Waals surface area contributed by atoms with Crippen molar-refractivity contribution in [2.45, 2.75) is 19.5 Å². The molecule has 0 radical (unpaired) electrons. The van der Waals surface area contributed by atoms with Crippen molar-refractivity contribution >= 4 is 5.69 Å². The van der Waals surface area contributed by atoms with Crippen molar-refractivity contribution in [1.82, 2.24) is 24.2 Å². The van der Waals surface area contributed by atoms with Crippen LogP contribution < -0.4 is 4.90 Å². The second-order valence-corrected chi connectivity index (χ2v) is 9.68. The third-order valence-corrected chi connectivity index (χ3v) is 7.29. The van der Waals surface area contributed by atoms with Gasteiger partial charge in [-0.05, 0) is 67.5 Å². The van der Waals surface area contributed by atoms with E-state index >= 15 is 0 Å². The zero-order valence-electron chi connectivity index (χ0n) is 19.7. The van der Waals surface area contributed by atoms with Gasteiger partial charge in [-0.15, -0.1) is 10.2 Å². The van der Waals surface area contributed by atoms with Crippen molar-refractivity contribution in [3.05, 3.63) is 72.2 Å². The lowest BCUT2D eigenvalue weighted by Gasteiger charge is -2.23. The summed E-state index contributed by atoms with van der Waals surface area (Å²) in [4.78, 5) is 4.85. The van der Waals surface area contributed by atoms with Gasteiger partial charge in [0.15, 0.2) is 5.82 Å². The largest absolute Gasteiger partial charge is 0.370 e. The molecule has 2 aliphatic rings. The quantitative estimate of drug-likeness (QED) is 0.416. The number of anilines is 1. The maximum absolute atomic E-state index is 9.12. The summed E-state index contributed by atoms with van der Waals surface area (Å²) in [6.45, 7) is 5.21. The number of aromatic nitrogens is 4. The first-order valence-corrected chi connectivity index (χ1v) is 11.7. The summed E-state index contributed by atoms with van der Waals surface area (Å²) in [6.07, 6.45) is 3.98. The average molecular weight is 450 g/mol. The van der Waals surface area contributed by atoms with Gasteiger partial charge in [-0.1, -0.05) is 19.1 Å². The molecule has 0 aliphatic carbocycles. The highest BCUT2D eigenvalue weighted by Crippen LogP contribution is 2.36. The molecule has 0 unspecified atom stereocenters. The van der Waals surface area contributed by atoms with Gasteiger partial charge < -0.3 is 14.4 Å². The van der Waals surface area contributed by atoms with Crippen molar-refractivity contribution in [2.75, 3.05) is 32.1 Å². The van der Waals surface area contributed by atoms with Gasteiger partial charge in [0.05, 0.1) is 23.0 Å². The Balaban J connectivity index is 1.40. The van der Waals surface area contributed by atoms with Crippen LogP contribution in [0.15, 0.2) is 61.1 Å². The fourth-order valence-corrected chi connectivity index (χ4v) is 5.46. The van der Waals surface area contributed by atoms with E-state index in [1.807, 2.05) is 24.3 Å². The molecule has 0 N–H and O–H groups in total. The highest BCUT2D eigenvalue weighted by molar-refractivity contribution is 5.72. The Kier molecular flexibility index (Phi) is 4.78. The summed E-state index contributed by atoms with van der Waals surface area (Å²) in [5.74, 6) is 1.47. The molecule has 170 valence electrons. The molecule has 1 fully saturated rings. The minimum Gasteiger partial charge on any atom is -0.370 e. The predicted molar refractivity (Wildman–Crippen MR) is 133 cm³/mol. The molecule has 2 aromatic heterocycles. The molecule has 0 spiro atoms. The Labute approximate surface area is 199 Å². The van der Waals surface area contributed by atoms with Gasteiger partial charge in [0, 0.05) is 43.1 Å². The zero-order valence-corrected chi connectivity index (χ0v) is 19.7. The molecule has 2 aliphatic heterocycles. The number of fused-ring (bicyclic) bond motifs is 5. The highest BCUT2D eigenvalue weighted by Gasteiger charge is 2.31. The van der Waals surface area contributed by atoms with Gasteiger partial charge in [0.25, 0.3) is 0 Å². The van der Waals surface area contributed by atoms with Gasteiger partial charge in [0.2, 0.25) is 0 Å². The molecule has 2 atom stereocenters. The fraction of sp³-hybridized carbons (Fsp3) is 0.296. The van der Waals surface area contributed by atoms with E-state index in [1.165, 1.54) is 11.3 Å². The van der Waals surface area contributed by atoms with E-state index in [2.05, 4.69) is 86.7 Å². The summed E-state index contributed by atoms with van der Waals surface area (Å²) in [5.41, 5.74) is 7.54. The van der Waals surface area contributed by atoms with Gasteiger partial charge in [0.1, 0.15) is 6.33 Å². The van der Waals surface area contributed by atoms with Crippen LogP contribution >= 0.6 is 0 Å². The summed E-state index contributed by atoms with van der Waals surface area (Å²) >= 11 is 0. The van der Waals surface area contributed by atoms with Gasteiger partial charge >= 0.3 is 0 Å². The SMILES string of the molecule is C[C@H]1CN(c2ccc3c(c2)Cn2cc(-c4ccc(C#N)cc4)cc2-c2nncn2-3)C[C@H]1N(C)C. The van der Waals surface area contributed by atoms with Crippen molar-refractivity contribution in [3.63, 3.8) is 0 Å². The number of nitrogens with zero attached hydrogens (tertiary/aromatic N) is 7. The Morgan fingerprint density at radius 2 is 1.85 bits per heavy atom. The zero-order chi connectivity index (χ0) is 23.4. The Hall–Kier alpha value is -3.89. The minimum atomic E-state index is 0.564. The lowest BCUT2D eigenvalue weighted by molar-refractivity contribution is 0.266. The fourth-order valence-electron chi connectivity index (χ4n) is 5.46. The monoisotopic (exact) mass is 449 g/mol. The van der Waals surface area contributed by atoms with Gasteiger partial charge in [-0.25, -0.2) is 0 Å². The van der Waals surface area contributed by atoms with E-state index in [-0.39, 0.29) is 0 Å². The molecule has 34 heavy (non-hydrogen) atoms. The van der Waals surface area contributed by atoms with Crippen molar-refractivity contribution in [3.8, 4) is 34.4 Å². The van der Waals surface area contributed by atoms with Crippen molar-refractivity contribution in [1.29, 1.82) is 5.26 Å². The first-order valence-electron chi connectivity index (χ1n) is 11.7. The lowest BCUT2D eigenvalue weighted by Crippen LogP contribution is -2.34. The number of benzene rings is 2. The van der Waals surface area contributed by atoms with Crippen LogP contribution in [-0.4, -0.2) is 57.5 Å². The number of likely N-dealkylation sites (N-methyl/N-ethyl adjacent to an activating group) is 1. The Bertz CT molecular complexity index is 1400. The van der Waals surface area contributed by atoms with Gasteiger partial charge in [-0.2, -0.15) is 5.26 Å². The van der Waals surface area contributed by atoms with E-state index in [1.54, 1.807) is 6.33 Å². The normalized spacial score (nSPS) is 18.9. The first kappa shape index (κ1) is 20.7. The van der Waals surface area contributed by atoms with E-state index in [0.29, 0.717) is 17.5 Å². The maximum atomic E-state index is 9.12. The number of hydrogen-bond acceptors (Lipinski definition) is 5. The van der Waals surface area contributed by atoms with E-state index < -0.39 is 0 Å².